The SMILES string of the molecule is CS(=O)CCCNC(=O)c1cc([N+](=O)[O-])ccc1Cl. The molecular weight excluding hydrogens is 292 g/mol. The fourth-order valence-electron chi connectivity index (χ4n) is 1.37. The fraction of sp³-hybridized carbons (Fsp3) is 0.364. The number of non-ortho nitro benzene ring substituents is 1. The molecule has 1 amide bonds. The third kappa shape index (κ3) is 4.96. The molecule has 1 unspecified atom stereocenters. The lowest BCUT2D eigenvalue weighted by molar-refractivity contribution is -0.384. The maximum atomic E-state index is 11.8. The molecule has 19 heavy (non-hydrogen) atoms. The molecule has 0 saturated carbocycles. The van der Waals surface area contributed by atoms with Crippen LogP contribution in [-0.2, 0) is 10.8 Å². The minimum atomic E-state index is -0.906. The Morgan fingerprint density at radius 3 is 2.79 bits per heavy atom. The number of nitrogens with zero attached hydrogens (tertiary/aromatic N) is 1. The Morgan fingerprint density at radius 2 is 2.21 bits per heavy atom. The molecule has 6 nitrogen and oxygen atoms in total. The molecule has 0 saturated heterocycles. The van der Waals surface area contributed by atoms with E-state index in [4.69, 9.17) is 11.6 Å². The number of benzene rings is 1. The summed E-state index contributed by atoms with van der Waals surface area (Å²) >= 11 is 5.83. The van der Waals surface area contributed by atoms with Crippen LogP contribution in [0.2, 0.25) is 5.02 Å². The molecule has 1 atom stereocenters. The standard InChI is InChI=1S/C11H13ClN2O4S/c1-19(18)6-2-5-13-11(15)9-7-8(14(16)17)3-4-10(9)12/h3-4,7H,2,5-6H2,1H3,(H,13,15). The van der Waals surface area contributed by atoms with E-state index in [9.17, 15) is 19.1 Å². The van der Waals surface area contributed by atoms with Gasteiger partial charge in [0, 0.05) is 41.5 Å². The first-order chi connectivity index (χ1) is 8.91. The Balaban J connectivity index is 2.68. The summed E-state index contributed by atoms with van der Waals surface area (Å²) in [6.45, 7) is 0.345. The van der Waals surface area contributed by atoms with Gasteiger partial charge < -0.3 is 5.32 Å². The molecule has 8 heteroatoms. The average molecular weight is 305 g/mol. The summed E-state index contributed by atoms with van der Waals surface area (Å²) in [5.41, 5.74) is -0.127. The van der Waals surface area contributed by atoms with E-state index in [0.717, 1.165) is 6.07 Å². The van der Waals surface area contributed by atoms with E-state index < -0.39 is 21.6 Å². The van der Waals surface area contributed by atoms with Crippen molar-refractivity contribution in [3.05, 3.63) is 38.9 Å². The van der Waals surface area contributed by atoms with Gasteiger partial charge in [-0.05, 0) is 12.5 Å². The van der Waals surface area contributed by atoms with Gasteiger partial charge in [-0.2, -0.15) is 0 Å². The number of nitro groups is 1. The number of carbonyl (C=O) groups excluding carboxylic acids is 1. The molecular formula is C11H13ClN2O4S. The van der Waals surface area contributed by atoms with E-state index in [2.05, 4.69) is 5.32 Å². The van der Waals surface area contributed by atoms with Gasteiger partial charge in [-0.15, -0.1) is 0 Å². The highest BCUT2D eigenvalue weighted by atomic mass is 35.5. The van der Waals surface area contributed by atoms with Gasteiger partial charge in [0.1, 0.15) is 0 Å². The second-order valence-corrected chi connectivity index (χ2v) is 5.77. The first-order valence-electron chi connectivity index (χ1n) is 5.44. The number of carbonyl (C=O) groups is 1. The number of hydrogen-bond donors (Lipinski definition) is 1. The monoisotopic (exact) mass is 304 g/mol. The molecule has 0 fully saturated rings. The lowest BCUT2D eigenvalue weighted by atomic mass is 10.2. The van der Waals surface area contributed by atoms with Crippen LogP contribution in [0.5, 0.6) is 0 Å². The topological polar surface area (TPSA) is 89.3 Å². The number of halogens is 1. The molecule has 0 spiro atoms. The van der Waals surface area contributed by atoms with Crippen LogP contribution in [0.4, 0.5) is 5.69 Å². The van der Waals surface area contributed by atoms with Gasteiger partial charge in [0.2, 0.25) is 0 Å². The van der Waals surface area contributed by atoms with Crippen molar-refractivity contribution in [1.82, 2.24) is 5.32 Å². The molecule has 0 bridgehead atoms. The predicted octanol–water partition coefficient (Wildman–Crippen LogP) is 1.75. The molecule has 0 aliphatic carbocycles. The van der Waals surface area contributed by atoms with E-state index in [1.807, 2.05) is 0 Å². The van der Waals surface area contributed by atoms with Crippen LogP contribution < -0.4 is 5.32 Å². The lowest BCUT2D eigenvalue weighted by Crippen LogP contribution is -2.25. The summed E-state index contributed by atoms with van der Waals surface area (Å²) in [5.74, 6) is 0.0127. The largest absolute Gasteiger partial charge is 0.352 e. The summed E-state index contributed by atoms with van der Waals surface area (Å²) < 4.78 is 10.8. The van der Waals surface area contributed by atoms with Crippen molar-refractivity contribution in [2.75, 3.05) is 18.6 Å². The summed E-state index contributed by atoms with van der Waals surface area (Å²) in [5, 5.41) is 13.4. The Bertz CT molecular complexity index is 521. The van der Waals surface area contributed by atoms with Gasteiger partial charge in [0.15, 0.2) is 0 Å². The highest BCUT2D eigenvalue weighted by Crippen LogP contribution is 2.21. The van der Waals surface area contributed by atoms with Crippen molar-refractivity contribution >= 4 is 34.0 Å². The second-order valence-electron chi connectivity index (χ2n) is 3.81. The number of nitro benzene ring substituents is 1. The van der Waals surface area contributed by atoms with Gasteiger partial charge in [-0.3, -0.25) is 19.1 Å². The molecule has 0 radical (unpaired) electrons. The molecule has 0 aliphatic heterocycles. The molecule has 1 aromatic carbocycles. The number of hydrogen-bond acceptors (Lipinski definition) is 4. The van der Waals surface area contributed by atoms with Gasteiger partial charge >= 0.3 is 0 Å². The minimum absolute atomic E-state index is 0.0634. The van der Waals surface area contributed by atoms with Crippen molar-refractivity contribution in [3.8, 4) is 0 Å². The van der Waals surface area contributed by atoms with Gasteiger partial charge in [-0.25, -0.2) is 0 Å². The maximum Gasteiger partial charge on any atom is 0.270 e. The van der Waals surface area contributed by atoms with E-state index >= 15 is 0 Å². The molecule has 0 heterocycles. The Labute approximate surface area is 117 Å². The summed E-state index contributed by atoms with van der Waals surface area (Å²) in [4.78, 5) is 21.8. The third-order valence-corrected chi connectivity index (χ3v) is 3.49. The van der Waals surface area contributed by atoms with Crippen LogP contribution in [0.1, 0.15) is 16.8 Å². The van der Waals surface area contributed by atoms with E-state index in [0.29, 0.717) is 18.7 Å². The third-order valence-electron chi connectivity index (χ3n) is 2.30. The van der Waals surface area contributed by atoms with Crippen LogP contribution in [-0.4, -0.2) is 33.6 Å². The van der Waals surface area contributed by atoms with Crippen molar-refractivity contribution in [3.63, 3.8) is 0 Å². The summed E-state index contributed by atoms with van der Waals surface area (Å²) in [6, 6.07) is 3.69. The highest BCUT2D eigenvalue weighted by Gasteiger charge is 2.15. The average Bonchev–Trinajstić information content (AvgIpc) is 2.34. The van der Waals surface area contributed by atoms with Crippen molar-refractivity contribution in [2.45, 2.75) is 6.42 Å². The molecule has 104 valence electrons. The Kier molecular flexibility index (Phi) is 5.91. The first-order valence-corrected chi connectivity index (χ1v) is 7.54. The zero-order valence-corrected chi connectivity index (χ0v) is 11.8. The summed E-state index contributed by atoms with van der Waals surface area (Å²) in [7, 11) is -0.906. The van der Waals surface area contributed by atoms with Crippen molar-refractivity contribution in [2.24, 2.45) is 0 Å². The maximum absolute atomic E-state index is 11.8. The van der Waals surface area contributed by atoms with Crippen LogP contribution in [0.15, 0.2) is 18.2 Å². The van der Waals surface area contributed by atoms with Crippen LogP contribution in [0, 0.1) is 10.1 Å². The smallest absolute Gasteiger partial charge is 0.270 e. The molecule has 0 aromatic heterocycles. The lowest BCUT2D eigenvalue weighted by Gasteiger charge is -2.06. The predicted molar refractivity (Wildman–Crippen MR) is 74.0 cm³/mol. The van der Waals surface area contributed by atoms with Gasteiger partial charge in [0.05, 0.1) is 15.5 Å². The zero-order chi connectivity index (χ0) is 14.4. The number of nitrogens with one attached hydrogen (secondary N) is 1. The number of rotatable bonds is 6. The van der Waals surface area contributed by atoms with Crippen LogP contribution in [0.25, 0.3) is 0 Å². The fourth-order valence-corrected chi connectivity index (χ4v) is 2.13. The van der Waals surface area contributed by atoms with Crippen LogP contribution in [0.3, 0.4) is 0 Å². The quantitative estimate of drug-likeness (QED) is 0.492. The van der Waals surface area contributed by atoms with E-state index in [-0.39, 0.29) is 16.3 Å². The van der Waals surface area contributed by atoms with Crippen molar-refractivity contribution < 1.29 is 13.9 Å². The first kappa shape index (κ1) is 15.6. The second kappa shape index (κ2) is 7.20. The highest BCUT2D eigenvalue weighted by molar-refractivity contribution is 7.84. The molecule has 1 rings (SSSR count). The van der Waals surface area contributed by atoms with E-state index in [1.165, 1.54) is 12.1 Å². The molecule has 1 N–H and O–H groups in total. The zero-order valence-electron chi connectivity index (χ0n) is 10.2. The summed E-state index contributed by atoms with van der Waals surface area (Å²) in [6.07, 6.45) is 2.15. The van der Waals surface area contributed by atoms with Crippen molar-refractivity contribution in [1.29, 1.82) is 0 Å². The Morgan fingerprint density at radius 1 is 1.53 bits per heavy atom. The van der Waals surface area contributed by atoms with Gasteiger partial charge in [0.25, 0.3) is 11.6 Å². The van der Waals surface area contributed by atoms with Crippen LogP contribution >= 0.6 is 11.6 Å². The normalized spacial score (nSPS) is 11.9. The molecule has 0 aliphatic rings. The number of amides is 1. The van der Waals surface area contributed by atoms with E-state index in [1.54, 1.807) is 6.26 Å². The van der Waals surface area contributed by atoms with Gasteiger partial charge in [-0.1, -0.05) is 11.6 Å². The Hall–Kier alpha value is -1.47. The molecule has 1 aromatic rings. The minimum Gasteiger partial charge on any atom is -0.352 e.